The van der Waals surface area contributed by atoms with Crippen LogP contribution < -0.4 is 5.32 Å². The van der Waals surface area contributed by atoms with Crippen molar-refractivity contribution in [3.63, 3.8) is 0 Å². The van der Waals surface area contributed by atoms with E-state index in [0.717, 1.165) is 0 Å². The van der Waals surface area contributed by atoms with Crippen molar-refractivity contribution in [1.29, 1.82) is 0 Å². The summed E-state index contributed by atoms with van der Waals surface area (Å²) in [6.07, 6.45) is 3.01. The van der Waals surface area contributed by atoms with Crippen molar-refractivity contribution in [2.45, 2.75) is 19.9 Å². The maximum atomic E-state index is 11.4. The molecule has 2 N–H and O–H groups in total. The number of hydrogen-bond donors (Lipinski definition) is 1. The van der Waals surface area contributed by atoms with Gasteiger partial charge in [0.2, 0.25) is 0 Å². The molecular weight excluding hydrogens is 245 g/mol. The molecule has 0 fully saturated rings. The summed E-state index contributed by atoms with van der Waals surface area (Å²) >= 11 is 2.21. The minimum absolute atomic E-state index is 0.144. The number of amides is 2. The van der Waals surface area contributed by atoms with Crippen molar-refractivity contribution in [3.05, 3.63) is 17.9 Å². The van der Waals surface area contributed by atoms with Gasteiger partial charge in [0.1, 0.15) is 0 Å². The molecule has 6 heteroatoms. The molecule has 16 heavy (non-hydrogen) atoms. The molecule has 1 heterocycles. The second kappa shape index (κ2) is 7.38. The summed E-state index contributed by atoms with van der Waals surface area (Å²) in [6.45, 7) is 3.86. The summed E-state index contributed by atoms with van der Waals surface area (Å²) in [4.78, 5) is 24.0. The fourth-order valence-corrected chi connectivity index (χ4v) is 1.69. The van der Waals surface area contributed by atoms with Crippen LogP contribution in [0.4, 0.5) is 0 Å². The number of nitrogens with one attached hydrogen (secondary N) is 2. The molecule has 0 spiro atoms. The van der Waals surface area contributed by atoms with Crippen LogP contribution >= 0.6 is 0 Å². The van der Waals surface area contributed by atoms with Crippen LogP contribution in [0.3, 0.4) is 0 Å². The molecule has 1 atom stereocenters. The monoisotopic (exact) mass is 261 g/mol. The summed E-state index contributed by atoms with van der Waals surface area (Å²) in [5.74, 6) is -0.568. The minimum atomic E-state index is -0.736. The Balaban J connectivity index is 0.00000106. The van der Waals surface area contributed by atoms with Gasteiger partial charge >= 0.3 is 90.5 Å². The Labute approximate surface area is 105 Å². The van der Waals surface area contributed by atoms with Crippen molar-refractivity contribution in [2.24, 2.45) is 0 Å². The molecular formula is C10H16N3O2V-. The van der Waals surface area contributed by atoms with E-state index in [-0.39, 0.29) is 18.4 Å². The Morgan fingerprint density at radius 2 is 2.12 bits per heavy atom. The number of hydrogen-bond acceptors (Lipinski definition) is 2. The van der Waals surface area contributed by atoms with Gasteiger partial charge in [0.25, 0.3) is 0 Å². The quantitative estimate of drug-likeness (QED) is 0.791. The second-order valence-corrected chi connectivity index (χ2v) is 3.45. The van der Waals surface area contributed by atoms with Gasteiger partial charge in [-0.15, -0.1) is 0 Å². The summed E-state index contributed by atoms with van der Waals surface area (Å²) in [6, 6.07) is -0.736. The van der Waals surface area contributed by atoms with E-state index in [4.69, 9.17) is 5.73 Å². The SMILES string of the molecule is CC.CNC(=O)C(C[NH-])N1C(=O)C=C[C]1=[V]. The van der Waals surface area contributed by atoms with Gasteiger partial charge in [-0.2, -0.15) is 0 Å². The van der Waals surface area contributed by atoms with Crippen molar-refractivity contribution < 1.29 is 26.6 Å². The molecule has 5 nitrogen and oxygen atoms in total. The first-order valence-electron chi connectivity index (χ1n) is 5.05. The first kappa shape index (κ1) is 15.1. The van der Waals surface area contributed by atoms with Crippen LogP contribution in [0.15, 0.2) is 12.2 Å². The zero-order chi connectivity index (χ0) is 12.7. The summed E-state index contributed by atoms with van der Waals surface area (Å²) in [5.41, 5.74) is 7.24. The Morgan fingerprint density at radius 3 is 2.44 bits per heavy atom. The van der Waals surface area contributed by atoms with Gasteiger partial charge in [0, 0.05) is 0 Å². The molecule has 0 aromatic carbocycles. The van der Waals surface area contributed by atoms with Crippen LogP contribution in [0.5, 0.6) is 0 Å². The molecule has 0 aliphatic carbocycles. The number of rotatable bonds is 3. The van der Waals surface area contributed by atoms with E-state index < -0.39 is 6.04 Å². The third-order valence-electron chi connectivity index (χ3n) is 1.91. The average molecular weight is 261 g/mol. The molecule has 0 saturated heterocycles. The number of nitrogens with zero attached hydrogens (tertiary/aromatic N) is 1. The van der Waals surface area contributed by atoms with E-state index >= 15 is 0 Å². The first-order valence-corrected chi connectivity index (χ1v) is 5.75. The predicted octanol–water partition coefficient (Wildman–Crippen LogP) is 0.254. The number of carbonyl (C=O) groups excluding carboxylic acids is 2. The van der Waals surface area contributed by atoms with Gasteiger partial charge in [-0.05, 0) is 0 Å². The fourth-order valence-electron chi connectivity index (χ4n) is 1.20. The predicted molar refractivity (Wildman–Crippen MR) is 59.4 cm³/mol. The first-order chi connectivity index (χ1) is 7.61. The topological polar surface area (TPSA) is 73.2 Å². The van der Waals surface area contributed by atoms with Crippen molar-refractivity contribution in [2.75, 3.05) is 13.6 Å². The molecule has 0 aromatic heterocycles. The molecule has 1 unspecified atom stereocenters. The van der Waals surface area contributed by atoms with Crippen molar-refractivity contribution in [3.8, 4) is 0 Å². The molecule has 0 saturated carbocycles. The molecule has 0 aromatic rings. The van der Waals surface area contributed by atoms with E-state index in [1.165, 1.54) is 18.0 Å². The van der Waals surface area contributed by atoms with E-state index in [1.54, 1.807) is 6.08 Å². The summed E-state index contributed by atoms with van der Waals surface area (Å²) in [5, 5.41) is 2.43. The standard InChI is InChI=1S/C8H10N3O2.C2H6.V/c1-10-8(13)6(5-9)11-4-2-3-7(11)12;1-2;/h2-3,6,9H,5H2,1H3,(H,10,13);1-2H3;/q-1;;. The van der Waals surface area contributed by atoms with Gasteiger partial charge in [0.15, 0.2) is 0 Å². The molecule has 1 aliphatic rings. The van der Waals surface area contributed by atoms with Crippen LogP contribution in [-0.2, 0) is 26.6 Å². The van der Waals surface area contributed by atoms with Crippen molar-refractivity contribution in [1.82, 2.24) is 10.2 Å². The maximum absolute atomic E-state index is 11.4. The van der Waals surface area contributed by atoms with E-state index in [1.807, 2.05) is 13.8 Å². The summed E-state index contributed by atoms with van der Waals surface area (Å²) in [7, 11) is 1.49. The normalized spacial score (nSPS) is 15.6. The van der Waals surface area contributed by atoms with Gasteiger partial charge < -0.3 is 0 Å². The molecule has 2 amide bonds. The zero-order valence-corrected chi connectivity index (χ0v) is 11.0. The Bertz CT molecular complexity index is 297. The van der Waals surface area contributed by atoms with Gasteiger partial charge in [-0.25, -0.2) is 0 Å². The molecule has 0 bridgehead atoms. The fraction of sp³-hybridized carbons (Fsp3) is 0.500. The van der Waals surface area contributed by atoms with Gasteiger partial charge in [0.05, 0.1) is 0 Å². The van der Waals surface area contributed by atoms with Crippen LogP contribution in [0, 0.1) is 0 Å². The van der Waals surface area contributed by atoms with E-state index in [9.17, 15) is 9.59 Å². The molecule has 0 radical (unpaired) electrons. The van der Waals surface area contributed by atoms with Crippen LogP contribution in [0.2, 0.25) is 0 Å². The van der Waals surface area contributed by atoms with Crippen LogP contribution in [0.25, 0.3) is 5.73 Å². The van der Waals surface area contributed by atoms with Crippen LogP contribution in [0.1, 0.15) is 13.8 Å². The van der Waals surface area contributed by atoms with Crippen molar-refractivity contribution >= 4 is 16.2 Å². The number of carbonyl (C=O) groups is 2. The van der Waals surface area contributed by atoms with Crippen LogP contribution in [-0.4, -0.2) is 40.7 Å². The van der Waals surface area contributed by atoms with Gasteiger partial charge in [-0.1, -0.05) is 13.8 Å². The van der Waals surface area contributed by atoms with E-state index in [2.05, 4.69) is 22.3 Å². The Morgan fingerprint density at radius 1 is 1.56 bits per heavy atom. The zero-order valence-electron chi connectivity index (χ0n) is 9.65. The third kappa shape index (κ3) is 3.30. The Hall–Kier alpha value is -0.906. The molecule has 1 aliphatic heterocycles. The molecule has 89 valence electrons. The Kier molecular flexibility index (Phi) is 6.96. The number of likely N-dealkylation sites (N-methyl/N-ethyl adjacent to an activating group) is 1. The van der Waals surface area contributed by atoms with E-state index in [0.29, 0.717) is 4.35 Å². The molecule has 1 rings (SSSR count). The third-order valence-corrected chi connectivity index (χ3v) is 2.48. The van der Waals surface area contributed by atoms with Gasteiger partial charge in [-0.3, -0.25) is 0 Å². The second-order valence-electron chi connectivity index (χ2n) is 2.73. The average Bonchev–Trinajstić information content (AvgIpc) is 2.64. The summed E-state index contributed by atoms with van der Waals surface area (Å²) < 4.78 is 0.642.